The molecule has 0 aliphatic carbocycles. The predicted molar refractivity (Wildman–Crippen MR) is 57.0 cm³/mol. The summed E-state index contributed by atoms with van der Waals surface area (Å²) in [5.74, 6) is 0.846. The molecule has 1 saturated heterocycles. The summed E-state index contributed by atoms with van der Waals surface area (Å²) in [4.78, 5) is 0. The molecule has 2 nitrogen and oxygen atoms in total. The zero-order valence-electron chi connectivity index (χ0n) is 7.75. The summed E-state index contributed by atoms with van der Waals surface area (Å²) < 4.78 is 0. The van der Waals surface area contributed by atoms with Crippen molar-refractivity contribution >= 4 is 11.3 Å². The highest BCUT2D eigenvalue weighted by molar-refractivity contribution is 7.07. The number of nitrogens with one attached hydrogen (secondary N) is 2. The lowest BCUT2D eigenvalue weighted by Gasteiger charge is -2.08. The number of thiophene rings is 1. The third kappa shape index (κ3) is 2.79. The minimum absolute atomic E-state index is 0.846. The standard InChI is InChI=1S/C10H16N2S/c1-3-11-5-9(1)6-12-7-10-2-4-13-8-10/h2,4,8-9,11-12H,1,3,5-7H2. The second kappa shape index (κ2) is 4.74. The fourth-order valence-electron chi connectivity index (χ4n) is 1.70. The summed E-state index contributed by atoms with van der Waals surface area (Å²) in [6, 6.07) is 2.19. The van der Waals surface area contributed by atoms with E-state index >= 15 is 0 Å². The van der Waals surface area contributed by atoms with Gasteiger partial charge >= 0.3 is 0 Å². The maximum absolute atomic E-state index is 3.50. The molecule has 0 bridgehead atoms. The van der Waals surface area contributed by atoms with Crippen LogP contribution in [0.4, 0.5) is 0 Å². The van der Waals surface area contributed by atoms with E-state index in [0.717, 1.165) is 19.0 Å². The highest BCUT2D eigenvalue weighted by atomic mass is 32.1. The van der Waals surface area contributed by atoms with Gasteiger partial charge in [-0.2, -0.15) is 11.3 Å². The van der Waals surface area contributed by atoms with E-state index in [1.165, 1.54) is 25.1 Å². The van der Waals surface area contributed by atoms with E-state index in [4.69, 9.17) is 0 Å². The molecule has 1 atom stereocenters. The molecule has 1 aliphatic rings. The van der Waals surface area contributed by atoms with Crippen LogP contribution in [0.5, 0.6) is 0 Å². The Morgan fingerprint density at radius 1 is 1.62 bits per heavy atom. The molecule has 2 rings (SSSR count). The van der Waals surface area contributed by atoms with Crippen molar-refractivity contribution in [2.75, 3.05) is 19.6 Å². The van der Waals surface area contributed by atoms with Gasteiger partial charge in [-0.15, -0.1) is 0 Å². The van der Waals surface area contributed by atoms with E-state index in [2.05, 4.69) is 27.5 Å². The van der Waals surface area contributed by atoms with Crippen LogP contribution in [0.2, 0.25) is 0 Å². The molecule has 0 radical (unpaired) electrons. The summed E-state index contributed by atoms with van der Waals surface area (Å²) >= 11 is 1.77. The van der Waals surface area contributed by atoms with Crippen LogP contribution in [-0.4, -0.2) is 19.6 Å². The topological polar surface area (TPSA) is 24.1 Å². The Hall–Kier alpha value is -0.380. The predicted octanol–water partition coefficient (Wildman–Crippen LogP) is 1.45. The van der Waals surface area contributed by atoms with E-state index in [-0.39, 0.29) is 0 Å². The first-order valence-corrected chi connectivity index (χ1v) is 5.82. The van der Waals surface area contributed by atoms with Crippen LogP contribution in [0, 0.1) is 5.92 Å². The van der Waals surface area contributed by atoms with E-state index < -0.39 is 0 Å². The van der Waals surface area contributed by atoms with Crippen molar-refractivity contribution in [2.45, 2.75) is 13.0 Å². The Kier molecular flexibility index (Phi) is 3.35. The Morgan fingerprint density at radius 2 is 2.62 bits per heavy atom. The Labute approximate surface area is 83.4 Å². The van der Waals surface area contributed by atoms with Gasteiger partial charge in [-0.1, -0.05) is 0 Å². The minimum Gasteiger partial charge on any atom is -0.316 e. The molecule has 1 aromatic rings. The van der Waals surface area contributed by atoms with Crippen LogP contribution in [0.15, 0.2) is 16.8 Å². The summed E-state index contributed by atoms with van der Waals surface area (Å²) in [5.41, 5.74) is 1.41. The Bertz CT molecular complexity index is 227. The zero-order chi connectivity index (χ0) is 8.93. The fourth-order valence-corrected chi connectivity index (χ4v) is 2.37. The molecule has 1 aromatic heterocycles. The summed E-state index contributed by atoms with van der Waals surface area (Å²) in [6.45, 7) is 4.57. The first kappa shape index (κ1) is 9.19. The Balaban J connectivity index is 1.63. The van der Waals surface area contributed by atoms with E-state index in [1.54, 1.807) is 11.3 Å². The van der Waals surface area contributed by atoms with Gasteiger partial charge < -0.3 is 10.6 Å². The molecule has 0 spiro atoms. The molecule has 2 N–H and O–H groups in total. The van der Waals surface area contributed by atoms with Gasteiger partial charge in [0.25, 0.3) is 0 Å². The van der Waals surface area contributed by atoms with Crippen LogP contribution in [0.25, 0.3) is 0 Å². The monoisotopic (exact) mass is 196 g/mol. The fraction of sp³-hybridized carbons (Fsp3) is 0.600. The van der Waals surface area contributed by atoms with Gasteiger partial charge in [0.15, 0.2) is 0 Å². The van der Waals surface area contributed by atoms with Crippen molar-refractivity contribution < 1.29 is 0 Å². The highest BCUT2D eigenvalue weighted by Gasteiger charge is 2.12. The third-order valence-corrected chi connectivity index (χ3v) is 3.24. The lowest BCUT2D eigenvalue weighted by atomic mass is 10.1. The van der Waals surface area contributed by atoms with Gasteiger partial charge in [-0.25, -0.2) is 0 Å². The molecule has 0 saturated carbocycles. The number of rotatable bonds is 4. The average molecular weight is 196 g/mol. The molecule has 72 valence electrons. The first-order valence-electron chi connectivity index (χ1n) is 4.87. The van der Waals surface area contributed by atoms with Gasteiger partial charge in [0.2, 0.25) is 0 Å². The second-order valence-corrected chi connectivity index (χ2v) is 4.40. The lowest BCUT2D eigenvalue weighted by molar-refractivity contribution is 0.513. The van der Waals surface area contributed by atoms with Gasteiger partial charge in [0.05, 0.1) is 0 Å². The van der Waals surface area contributed by atoms with Crippen LogP contribution < -0.4 is 10.6 Å². The van der Waals surface area contributed by atoms with Crippen molar-refractivity contribution in [3.05, 3.63) is 22.4 Å². The molecular formula is C10H16N2S. The molecule has 1 fully saturated rings. The summed E-state index contributed by atoms with van der Waals surface area (Å²) in [7, 11) is 0. The Morgan fingerprint density at radius 3 is 3.31 bits per heavy atom. The quantitative estimate of drug-likeness (QED) is 0.761. The van der Waals surface area contributed by atoms with Gasteiger partial charge in [-0.3, -0.25) is 0 Å². The first-order chi connectivity index (χ1) is 6.45. The zero-order valence-corrected chi connectivity index (χ0v) is 8.57. The smallest absolute Gasteiger partial charge is 0.0213 e. The van der Waals surface area contributed by atoms with Crippen molar-refractivity contribution in [1.82, 2.24) is 10.6 Å². The van der Waals surface area contributed by atoms with E-state index in [1.807, 2.05) is 0 Å². The maximum atomic E-state index is 3.50. The molecule has 2 heterocycles. The van der Waals surface area contributed by atoms with Gasteiger partial charge in [0.1, 0.15) is 0 Å². The SMILES string of the molecule is c1cc(CNCC2CCNC2)cs1. The molecule has 1 unspecified atom stereocenters. The summed E-state index contributed by atoms with van der Waals surface area (Å²) in [5, 5.41) is 11.2. The van der Waals surface area contributed by atoms with Crippen LogP contribution in [-0.2, 0) is 6.54 Å². The largest absolute Gasteiger partial charge is 0.316 e. The normalized spacial score (nSPS) is 22.3. The van der Waals surface area contributed by atoms with Crippen LogP contribution in [0.3, 0.4) is 0 Å². The average Bonchev–Trinajstić information content (AvgIpc) is 2.75. The molecule has 0 aromatic carbocycles. The third-order valence-electron chi connectivity index (χ3n) is 2.50. The van der Waals surface area contributed by atoms with Crippen molar-refractivity contribution in [2.24, 2.45) is 5.92 Å². The number of hydrogen-bond donors (Lipinski definition) is 2. The van der Waals surface area contributed by atoms with Gasteiger partial charge in [-0.05, 0) is 54.4 Å². The molecule has 1 aliphatic heterocycles. The van der Waals surface area contributed by atoms with Crippen molar-refractivity contribution in [3.8, 4) is 0 Å². The number of hydrogen-bond acceptors (Lipinski definition) is 3. The minimum atomic E-state index is 0.846. The summed E-state index contributed by atoms with van der Waals surface area (Å²) in [6.07, 6.45) is 1.33. The van der Waals surface area contributed by atoms with Crippen molar-refractivity contribution in [1.29, 1.82) is 0 Å². The molecular weight excluding hydrogens is 180 g/mol. The molecule has 13 heavy (non-hydrogen) atoms. The van der Waals surface area contributed by atoms with Crippen LogP contribution in [0.1, 0.15) is 12.0 Å². The second-order valence-electron chi connectivity index (χ2n) is 3.62. The molecule has 3 heteroatoms. The van der Waals surface area contributed by atoms with Gasteiger partial charge in [0, 0.05) is 6.54 Å². The van der Waals surface area contributed by atoms with Crippen LogP contribution >= 0.6 is 11.3 Å². The molecule has 0 amide bonds. The van der Waals surface area contributed by atoms with Crippen molar-refractivity contribution in [3.63, 3.8) is 0 Å². The highest BCUT2D eigenvalue weighted by Crippen LogP contribution is 2.07. The van der Waals surface area contributed by atoms with E-state index in [0.29, 0.717) is 0 Å². The maximum Gasteiger partial charge on any atom is 0.0213 e. The van der Waals surface area contributed by atoms with E-state index in [9.17, 15) is 0 Å². The lowest BCUT2D eigenvalue weighted by Crippen LogP contribution is -2.23.